The van der Waals surface area contributed by atoms with Gasteiger partial charge in [-0.25, -0.2) is 0 Å². The molecular weight excluding hydrogens is 194 g/mol. The normalized spacial score (nSPS) is 24.1. The first-order valence-electron chi connectivity index (χ1n) is 6.37. The molecular formula is C15H19N. The van der Waals surface area contributed by atoms with Gasteiger partial charge in [0, 0.05) is 6.54 Å². The maximum atomic E-state index is 3.37. The Morgan fingerprint density at radius 1 is 1.25 bits per heavy atom. The van der Waals surface area contributed by atoms with Crippen LogP contribution in [0.4, 0.5) is 0 Å². The Bertz CT molecular complexity index is 431. The number of hydrogen-bond donors (Lipinski definition) is 1. The molecule has 0 fully saturated rings. The van der Waals surface area contributed by atoms with Crippen molar-refractivity contribution in [1.29, 1.82) is 0 Å². The maximum absolute atomic E-state index is 3.37. The molecule has 2 aliphatic rings. The van der Waals surface area contributed by atoms with E-state index in [0.717, 1.165) is 19.0 Å². The van der Waals surface area contributed by atoms with Crippen LogP contribution < -0.4 is 5.32 Å². The Morgan fingerprint density at radius 3 is 3.00 bits per heavy atom. The largest absolute Gasteiger partial charge is 0.313 e. The highest BCUT2D eigenvalue weighted by Gasteiger charge is 2.19. The van der Waals surface area contributed by atoms with E-state index in [2.05, 4.69) is 36.5 Å². The van der Waals surface area contributed by atoms with E-state index in [0.29, 0.717) is 0 Å². The molecule has 1 aromatic carbocycles. The van der Waals surface area contributed by atoms with Gasteiger partial charge in [-0.3, -0.25) is 0 Å². The van der Waals surface area contributed by atoms with Crippen molar-refractivity contribution in [2.45, 2.75) is 32.1 Å². The molecule has 0 aromatic heterocycles. The van der Waals surface area contributed by atoms with Crippen molar-refractivity contribution in [1.82, 2.24) is 5.32 Å². The summed E-state index contributed by atoms with van der Waals surface area (Å²) in [5.41, 5.74) is 6.15. The van der Waals surface area contributed by atoms with Crippen LogP contribution in [0.15, 0.2) is 24.3 Å². The highest BCUT2D eigenvalue weighted by atomic mass is 14.8. The summed E-state index contributed by atoms with van der Waals surface area (Å²) in [4.78, 5) is 0. The molecule has 1 N–H and O–H groups in total. The summed E-state index contributed by atoms with van der Waals surface area (Å²) in [5.74, 6) is 0.761. The summed E-state index contributed by atoms with van der Waals surface area (Å²) < 4.78 is 0. The molecule has 0 saturated heterocycles. The molecule has 0 radical (unpaired) electrons. The Hall–Kier alpha value is -1.08. The lowest BCUT2D eigenvalue weighted by atomic mass is 9.94. The quantitative estimate of drug-likeness (QED) is 0.756. The van der Waals surface area contributed by atoms with E-state index in [4.69, 9.17) is 0 Å². The third kappa shape index (κ3) is 1.69. The second-order valence-corrected chi connectivity index (χ2v) is 5.04. The van der Waals surface area contributed by atoms with Gasteiger partial charge in [-0.05, 0) is 54.0 Å². The Balaban J connectivity index is 1.97. The van der Waals surface area contributed by atoms with Gasteiger partial charge >= 0.3 is 0 Å². The fourth-order valence-corrected chi connectivity index (χ4v) is 2.89. The van der Waals surface area contributed by atoms with Gasteiger partial charge < -0.3 is 5.32 Å². The fraction of sp³-hybridized carbons (Fsp3) is 0.467. The van der Waals surface area contributed by atoms with E-state index in [1.807, 2.05) is 0 Å². The topological polar surface area (TPSA) is 12.0 Å². The zero-order valence-corrected chi connectivity index (χ0v) is 9.92. The lowest BCUT2D eigenvalue weighted by molar-refractivity contribution is 0.737. The smallest absolute Gasteiger partial charge is 0.0140 e. The second kappa shape index (κ2) is 4.06. The van der Waals surface area contributed by atoms with E-state index in [-0.39, 0.29) is 0 Å². The van der Waals surface area contributed by atoms with Crippen LogP contribution in [-0.4, -0.2) is 13.1 Å². The van der Waals surface area contributed by atoms with E-state index in [1.165, 1.54) is 30.4 Å². The van der Waals surface area contributed by atoms with Crippen molar-refractivity contribution >= 4 is 5.57 Å². The number of aryl methyl sites for hydroxylation is 1. The molecule has 1 heteroatoms. The first-order valence-corrected chi connectivity index (χ1v) is 6.37. The van der Waals surface area contributed by atoms with Gasteiger partial charge in [0.1, 0.15) is 0 Å². The molecule has 1 aromatic rings. The van der Waals surface area contributed by atoms with Crippen molar-refractivity contribution in [3.63, 3.8) is 0 Å². The second-order valence-electron chi connectivity index (χ2n) is 5.04. The molecule has 84 valence electrons. The standard InChI is InChI=1S/C15H19N/c1-11-2-3-13-4-5-14(10-15(11)13)12-6-8-16-9-7-12/h4-6,10-11,16H,2-3,7-9H2,1H3. The summed E-state index contributed by atoms with van der Waals surface area (Å²) in [6.07, 6.45) is 6.12. The average Bonchev–Trinajstić information content (AvgIpc) is 2.72. The van der Waals surface area contributed by atoms with Crippen molar-refractivity contribution < 1.29 is 0 Å². The van der Waals surface area contributed by atoms with E-state index >= 15 is 0 Å². The van der Waals surface area contributed by atoms with E-state index in [1.54, 1.807) is 11.1 Å². The molecule has 3 rings (SSSR count). The Labute approximate surface area is 97.6 Å². The minimum atomic E-state index is 0.761. The van der Waals surface area contributed by atoms with Crippen LogP contribution in [0.25, 0.3) is 5.57 Å². The Morgan fingerprint density at radius 2 is 2.19 bits per heavy atom. The van der Waals surface area contributed by atoms with Crippen LogP contribution in [0.1, 0.15) is 42.4 Å². The van der Waals surface area contributed by atoms with Crippen LogP contribution in [0, 0.1) is 0 Å². The van der Waals surface area contributed by atoms with Gasteiger partial charge in [0.15, 0.2) is 0 Å². The lowest BCUT2D eigenvalue weighted by Crippen LogP contribution is -2.20. The fourth-order valence-electron chi connectivity index (χ4n) is 2.89. The maximum Gasteiger partial charge on any atom is 0.0140 e. The van der Waals surface area contributed by atoms with Gasteiger partial charge in [-0.2, -0.15) is 0 Å². The summed E-state index contributed by atoms with van der Waals surface area (Å²) in [7, 11) is 0. The van der Waals surface area contributed by atoms with Gasteiger partial charge in [-0.1, -0.05) is 31.2 Å². The van der Waals surface area contributed by atoms with Crippen LogP contribution in [0.2, 0.25) is 0 Å². The first-order chi connectivity index (χ1) is 7.84. The molecule has 0 saturated carbocycles. The zero-order valence-electron chi connectivity index (χ0n) is 9.92. The molecule has 1 heterocycles. The third-order valence-corrected chi connectivity index (χ3v) is 3.96. The average molecular weight is 213 g/mol. The third-order valence-electron chi connectivity index (χ3n) is 3.96. The number of nitrogens with one attached hydrogen (secondary N) is 1. The predicted molar refractivity (Wildman–Crippen MR) is 68.6 cm³/mol. The van der Waals surface area contributed by atoms with Crippen molar-refractivity contribution in [2.24, 2.45) is 0 Å². The molecule has 0 amide bonds. The van der Waals surface area contributed by atoms with E-state index < -0.39 is 0 Å². The Kier molecular flexibility index (Phi) is 2.56. The molecule has 0 spiro atoms. The van der Waals surface area contributed by atoms with Crippen LogP contribution in [0.5, 0.6) is 0 Å². The van der Waals surface area contributed by atoms with Crippen molar-refractivity contribution in [3.8, 4) is 0 Å². The molecule has 1 nitrogen and oxygen atoms in total. The first kappa shape index (κ1) is 10.1. The van der Waals surface area contributed by atoms with Gasteiger partial charge in [0.25, 0.3) is 0 Å². The predicted octanol–water partition coefficient (Wildman–Crippen LogP) is 3.11. The number of hydrogen-bond acceptors (Lipinski definition) is 1. The number of fused-ring (bicyclic) bond motifs is 1. The summed E-state index contributed by atoms with van der Waals surface area (Å²) in [6, 6.07) is 7.09. The number of rotatable bonds is 1. The van der Waals surface area contributed by atoms with Gasteiger partial charge in [-0.15, -0.1) is 0 Å². The lowest BCUT2D eigenvalue weighted by Gasteiger charge is -2.16. The highest BCUT2D eigenvalue weighted by molar-refractivity contribution is 5.68. The molecule has 16 heavy (non-hydrogen) atoms. The monoisotopic (exact) mass is 213 g/mol. The molecule has 1 aliphatic heterocycles. The molecule has 0 bridgehead atoms. The van der Waals surface area contributed by atoms with Crippen LogP contribution in [0.3, 0.4) is 0 Å². The zero-order chi connectivity index (χ0) is 11.0. The van der Waals surface area contributed by atoms with E-state index in [9.17, 15) is 0 Å². The molecule has 1 unspecified atom stereocenters. The van der Waals surface area contributed by atoms with Crippen LogP contribution >= 0.6 is 0 Å². The van der Waals surface area contributed by atoms with Gasteiger partial charge in [0.05, 0.1) is 0 Å². The summed E-state index contributed by atoms with van der Waals surface area (Å²) >= 11 is 0. The minimum Gasteiger partial charge on any atom is -0.313 e. The van der Waals surface area contributed by atoms with Crippen LogP contribution in [-0.2, 0) is 6.42 Å². The SMILES string of the molecule is CC1CCc2ccc(C3=CCNCC3)cc21. The van der Waals surface area contributed by atoms with Crippen molar-refractivity contribution in [3.05, 3.63) is 41.0 Å². The van der Waals surface area contributed by atoms with Crippen molar-refractivity contribution in [2.75, 3.05) is 13.1 Å². The minimum absolute atomic E-state index is 0.761. The molecule has 1 aliphatic carbocycles. The van der Waals surface area contributed by atoms with Gasteiger partial charge in [0.2, 0.25) is 0 Å². The summed E-state index contributed by atoms with van der Waals surface area (Å²) in [5, 5.41) is 3.37. The summed E-state index contributed by atoms with van der Waals surface area (Å²) in [6.45, 7) is 4.51. The highest BCUT2D eigenvalue weighted by Crippen LogP contribution is 2.34. The molecule has 1 atom stereocenters. The number of benzene rings is 1.